The second-order valence-corrected chi connectivity index (χ2v) is 4.30. The first-order chi connectivity index (χ1) is 6.02. The molecule has 0 aliphatic heterocycles. The molecule has 0 aromatic heterocycles. The van der Waals surface area contributed by atoms with Crippen LogP contribution in [0.4, 0.5) is 0 Å². The molecule has 76 valence electrons. The van der Waals surface area contributed by atoms with Gasteiger partial charge in [0.15, 0.2) is 0 Å². The molecule has 1 rings (SSSR count). The number of rotatable bonds is 4. The molecule has 0 spiro atoms. The molecule has 0 bridgehead atoms. The molecule has 3 heteroatoms. The van der Waals surface area contributed by atoms with E-state index in [4.69, 9.17) is 0 Å². The molecule has 1 N–H and O–H groups in total. The van der Waals surface area contributed by atoms with Crippen molar-refractivity contribution in [3.05, 3.63) is 0 Å². The Hall–Kier alpha value is -0.570. The minimum atomic E-state index is 0.189. The van der Waals surface area contributed by atoms with Crippen LogP contribution in [0.1, 0.15) is 27.2 Å². The Morgan fingerprint density at radius 2 is 2.15 bits per heavy atom. The zero-order chi connectivity index (χ0) is 10.0. The first-order valence-electron chi connectivity index (χ1n) is 5.01. The second kappa shape index (κ2) is 4.09. The molecule has 2 unspecified atom stereocenters. The van der Waals surface area contributed by atoms with Crippen molar-refractivity contribution >= 4 is 5.91 Å². The van der Waals surface area contributed by atoms with Gasteiger partial charge in [0.05, 0.1) is 6.54 Å². The molecular weight excluding hydrogens is 164 g/mol. The predicted octanol–water partition coefficient (Wildman–Crippen LogP) is 0.851. The maximum atomic E-state index is 11.5. The van der Waals surface area contributed by atoms with Gasteiger partial charge < -0.3 is 10.2 Å². The number of hydrogen-bond donors (Lipinski definition) is 1. The SMILES string of the molecule is CC1CC1NCC(=O)N(C)C(C)C. The molecular formula is C10H20N2O. The lowest BCUT2D eigenvalue weighted by Crippen LogP contribution is -2.40. The zero-order valence-corrected chi connectivity index (χ0v) is 9.00. The van der Waals surface area contributed by atoms with Crippen LogP contribution in [0.15, 0.2) is 0 Å². The van der Waals surface area contributed by atoms with E-state index in [0.717, 1.165) is 5.92 Å². The van der Waals surface area contributed by atoms with Gasteiger partial charge in [-0.1, -0.05) is 6.92 Å². The maximum absolute atomic E-state index is 11.5. The Morgan fingerprint density at radius 1 is 1.62 bits per heavy atom. The third-order valence-electron chi connectivity index (χ3n) is 2.79. The normalized spacial score (nSPS) is 26.2. The van der Waals surface area contributed by atoms with Gasteiger partial charge in [-0.25, -0.2) is 0 Å². The smallest absolute Gasteiger partial charge is 0.236 e. The average Bonchev–Trinajstić information content (AvgIpc) is 2.76. The molecule has 1 aliphatic rings. The van der Waals surface area contributed by atoms with Crippen LogP contribution in [-0.4, -0.2) is 36.5 Å². The average molecular weight is 184 g/mol. The van der Waals surface area contributed by atoms with Crippen LogP contribution >= 0.6 is 0 Å². The van der Waals surface area contributed by atoms with E-state index in [9.17, 15) is 4.79 Å². The highest BCUT2D eigenvalue weighted by Gasteiger charge is 2.32. The third kappa shape index (κ3) is 2.99. The Bertz CT molecular complexity index is 191. The summed E-state index contributed by atoms with van der Waals surface area (Å²) < 4.78 is 0. The summed E-state index contributed by atoms with van der Waals surface area (Å²) in [6, 6.07) is 0.885. The van der Waals surface area contributed by atoms with Crippen LogP contribution in [0.2, 0.25) is 0 Å². The predicted molar refractivity (Wildman–Crippen MR) is 53.5 cm³/mol. The van der Waals surface area contributed by atoms with Gasteiger partial charge in [-0.05, 0) is 26.2 Å². The first kappa shape index (κ1) is 10.5. The minimum absolute atomic E-state index is 0.189. The molecule has 2 atom stereocenters. The number of hydrogen-bond acceptors (Lipinski definition) is 2. The zero-order valence-electron chi connectivity index (χ0n) is 9.00. The fourth-order valence-electron chi connectivity index (χ4n) is 1.24. The molecule has 1 saturated carbocycles. The summed E-state index contributed by atoms with van der Waals surface area (Å²) in [6.45, 7) is 6.74. The Labute approximate surface area is 80.5 Å². The summed E-state index contributed by atoms with van der Waals surface area (Å²) in [6.07, 6.45) is 1.22. The van der Waals surface area contributed by atoms with Crippen molar-refractivity contribution in [3.8, 4) is 0 Å². The van der Waals surface area contributed by atoms with Gasteiger partial charge in [-0.15, -0.1) is 0 Å². The largest absolute Gasteiger partial charge is 0.342 e. The fraction of sp³-hybridized carbons (Fsp3) is 0.900. The van der Waals surface area contributed by atoms with Crippen molar-refractivity contribution in [2.24, 2.45) is 5.92 Å². The molecule has 0 heterocycles. The van der Waals surface area contributed by atoms with E-state index in [2.05, 4.69) is 12.2 Å². The highest BCUT2D eigenvalue weighted by molar-refractivity contribution is 5.78. The van der Waals surface area contributed by atoms with Gasteiger partial charge in [0.1, 0.15) is 0 Å². The van der Waals surface area contributed by atoms with E-state index < -0.39 is 0 Å². The van der Waals surface area contributed by atoms with E-state index in [1.165, 1.54) is 6.42 Å². The topological polar surface area (TPSA) is 32.3 Å². The van der Waals surface area contributed by atoms with Crippen LogP contribution in [0.25, 0.3) is 0 Å². The lowest BCUT2D eigenvalue weighted by atomic mass is 10.3. The highest BCUT2D eigenvalue weighted by Crippen LogP contribution is 2.28. The van der Waals surface area contributed by atoms with E-state index in [0.29, 0.717) is 18.6 Å². The standard InChI is InChI=1S/C10H20N2O/c1-7(2)12(4)10(13)6-11-9-5-8(9)3/h7-9,11H,5-6H2,1-4H3. The molecule has 1 amide bonds. The van der Waals surface area contributed by atoms with Crippen LogP contribution in [0.5, 0.6) is 0 Å². The van der Waals surface area contributed by atoms with E-state index in [1.54, 1.807) is 4.90 Å². The minimum Gasteiger partial charge on any atom is -0.342 e. The summed E-state index contributed by atoms with van der Waals surface area (Å²) in [5.74, 6) is 0.950. The molecule has 1 fully saturated rings. The van der Waals surface area contributed by atoms with Crippen LogP contribution < -0.4 is 5.32 Å². The molecule has 13 heavy (non-hydrogen) atoms. The molecule has 1 aliphatic carbocycles. The van der Waals surface area contributed by atoms with Crippen LogP contribution in [0, 0.1) is 5.92 Å². The second-order valence-electron chi connectivity index (χ2n) is 4.30. The summed E-state index contributed by atoms with van der Waals surface area (Å²) in [5.41, 5.74) is 0. The Morgan fingerprint density at radius 3 is 2.54 bits per heavy atom. The number of likely N-dealkylation sites (N-methyl/N-ethyl adjacent to an activating group) is 1. The van der Waals surface area contributed by atoms with Crippen molar-refractivity contribution in [2.45, 2.75) is 39.3 Å². The number of carbonyl (C=O) groups excluding carboxylic acids is 1. The molecule has 0 aromatic rings. The third-order valence-corrected chi connectivity index (χ3v) is 2.79. The number of amides is 1. The van der Waals surface area contributed by atoms with Gasteiger partial charge in [0, 0.05) is 19.1 Å². The quantitative estimate of drug-likeness (QED) is 0.702. The summed E-state index contributed by atoms with van der Waals surface area (Å²) in [4.78, 5) is 13.3. The first-order valence-corrected chi connectivity index (χ1v) is 5.01. The van der Waals surface area contributed by atoms with Gasteiger partial charge in [-0.3, -0.25) is 4.79 Å². The van der Waals surface area contributed by atoms with E-state index in [-0.39, 0.29) is 5.91 Å². The molecule has 3 nitrogen and oxygen atoms in total. The Kier molecular flexibility index (Phi) is 3.31. The fourth-order valence-corrected chi connectivity index (χ4v) is 1.24. The summed E-state index contributed by atoms with van der Waals surface area (Å²) in [5, 5.41) is 3.25. The maximum Gasteiger partial charge on any atom is 0.236 e. The van der Waals surface area contributed by atoms with Crippen molar-refractivity contribution in [2.75, 3.05) is 13.6 Å². The van der Waals surface area contributed by atoms with Gasteiger partial charge >= 0.3 is 0 Å². The van der Waals surface area contributed by atoms with Gasteiger partial charge in [0.2, 0.25) is 5.91 Å². The van der Waals surface area contributed by atoms with Crippen molar-refractivity contribution in [1.82, 2.24) is 10.2 Å². The molecule has 0 saturated heterocycles. The van der Waals surface area contributed by atoms with Crippen LogP contribution in [-0.2, 0) is 4.79 Å². The number of carbonyl (C=O) groups is 1. The monoisotopic (exact) mass is 184 g/mol. The van der Waals surface area contributed by atoms with Crippen molar-refractivity contribution in [1.29, 1.82) is 0 Å². The highest BCUT2D eigenvalue weighted by atomic mass is 16.2. The summed E-state index contributed by atoms with van der Waals surface area (Å²) in [7, 11) is 1.85. The van der Waals surface area contributed by atoms with E-state index >= 15 is 0 Å². The van der Waals surface area contributed by atoms with Crippen LogP contribution in [0.3, 0.4) is 0 Å². The molecule has 0 aromatic carbocycles. The summed E-state index contributed by atoms with van der Waals surface area (Å²) >= 11 is 0. The van der Waals surface area contributed by atoms with Crippen molar-refractivity contribution < 1.29 is 4.79 Å². The van der Waals surface area contributed by atoms with Gasteiger partial charge in [-0.2, -0.15) is 0 Å². The molecule has 0 radical (unpaired) electrons. The van der Waals surface area contributed by atoms with Crippen molar-refractivity contribution in [3.63, 3.8) is 0 Å². The number of nitrogens with zero attached hydrogens (tertiary/aromatic N) is 1. The van der Waals surface area contributed by atoms with Gasteiger partial charge in [0.25, 0.3) is 0 Å². The Balaban J connectivity index is 2.17. The lowest BCUT2D eigenvalue weighted by molar-refractivity contribution is -0.130. The number of nitrogens with one attached hydrogen (secondary N) is 1. The lowest BCUT2D eigenvalue weighted by Gasteiger charge is -2.21. The van der Waals surface area contributed by atoms with E-state index in [1.807, 2.05) is 20.9 Å².